The van der Waals surface area contributed by atoms with Crippen molar-refractivity contribution in [2.75, 3.05) is 6.61 Å². The van der Waals surface area contributed by atoms with Gasteiger partial charge in [-0.3, -0.25) is 0 Å². The van der Waals surface area contributed by atoms with Crippen molar-refractivity contribution in [1.82, 2.24) is 0 Å². The molecule has 0 fully saturated rings. The smallest absolute Gasteiger partial charge is 0.0721 e. The summed E-state index contributed by atoms with van der Waals surface area (Å²) in [4.78, 5) is 0. The van der Waals surface area contributed by atoms with E-state index < -0.39 is 0 Å². The van der Waals surface area contributed by atoms with Crippen LogP contribution in [0.25, 0.3) is 0 Å². The Morgan fingerprint density at radius 3 is 2.90 bits per heavy atom. The highest BCUT2D eigenvalue weighted by Crippen LogP contribution is 2.26. The third kappa shape index (κ3) is 6.31. The second kappa shape index (κ2) is 9.57. The molecule has 1 heteroatoms. The second-order valence-corrected chi connectivity index (χ2v) is 5.91. The minimum absolute atomic E-state index is 0.630. The van der Waals surface area contributed by atoms with Crippen molar-refractivity contribution in [1.29, 1.82) is 0 Å². The van der Waals surface area contributed by atoms with Crippen LogP contribution in [0.2, 0.25) is 0 Å². The SMILES string of the molecule is CCCCC1=CC(/C=C/COCc2ccccc2)CCC1. The summed E-state index contributed by atoms with van der Waals surface area (Å²) in [6, 6.07) is 10.4. The van der Waals surface area contributed by atoms with Gasteiger partial charge < -0.3 is 4.74 Å². The van der Waals surface area contributed by atoms with Gasteiger partial charge in [0, 0.05) is 0 Å². The van der Waals surface area contributed by atoms with Gasteiger partial charge in [0.05, 0.1) is 13.2 Å². The highest BCUT2D eigenvalue weighted by Gasteiger charge is 2.10. The van der Waals surface area contributed by atoms with E-state index >= 15 is 0 Å². The van der Waals surface area contributed by atoms with Crippen LogP contribution >= 0.6 is 0 Å². The Kier molecular flexibility index (Phi) is 7.31. The molecule has 0 radical (unpaired) electrons. The first-order valence-electron chi connectivity index (χ1n) is 8.36. The van der Waals surface area contributed by atoms with Crippen LogP contribution in [0.3, 0.4) is 0 Å². The lowest BCUT2D eigenvalue weighted by molar-refractivity contribution is 0.148. The fraction of sp³-hybridized carbons (Fsp3) is 0.500. The summed E-state index contributed by atoms with van der Waals surface area (Å²) >= 11 is 0. The van der Waals surface area contributed by atoms with Crippen LogP contribution in [0.4, 0.5) is 0 Å². The summed E-state index contributed by atoms with van der Waals surface area (Å²) in [6.45, 7) is 3.68. The van der Waals surface area contributed by atoms with E-state index in [1.54, 1.807) is 5.57 Å². The molecule has 0 aromatic heterocycles. The molecule has 0 aliphatic heterocycles. The van der Waals surface area contributed by atoms with Crippen LogP contribution in [0.1, 0.15) is 51.0 Å². The Balaban J connectivity index is 1.68. The van der Waals surface area contributed by atoms with E-state index in [-0.39, 0.29) is 0 Å². The van der Waals surface area contributed by atoms with Crippen molar-refractivity contribution in [2.45, 2.75) is 52.1 Å². The fourth-order valence-corrected chi connectivity index (χ4v) is 2.85. The van der Waals surface area contributed by atoms with Crippen molar-refractivity contribution < 1.29 is 4.74 Å². The molecule has 0 saturated carbocycles. The van der Waals surface area contributed by atoms with E-state index in [0.717, 1.165) is 0 Å². The molecule has 1 aliphatic carbocycles. The second-order valence-electron chi connectivity index (χ2n) is 5.91. The highest BCUT2D eigenvalue weighted by atomic mass is 16.5. The van der Waals surface area contributed by atoms with Crippen molar-refractivity contribution in [3.8, 4) is 0 Å². The van der Waals surface area contributed by atoms with Crippen LogP contribution in [-0.2, 0) is 11.3 Å². The minimum Gasteiger partial charge on any atom is -0.373 e. The molecule has 1 atom stereocenters. The van der Waals surface area contributed by atoms with Crippen molar-refractivity contribution in [2.24, 2.45) is 5.92 Å². The molecule has 1 aromatic rings. The number of rotatable bonds is 8. The largest absolute Gasteiger partial charge is 0.373 e. The molecule has 21 heavy (non-hydrogen) atoms. The third-order valence-electron chi connectivity index (χ3n) is 4.05. The lowest BCUT2D eigenvalue weighted by Crippen LogP contribution is -2.02. The van der Waals surface area contributed by atoms with E-state index in [0.29, 0.717) is 19.1 Å². The maximum atomic E-state index is 5.69. The zero-order chi connectivity index (χ0) is 14.8. The Morgan fingerprint density at radius 1 is 1.24 bits per heavy atom. The van der Waals surface area contributed by atoms with E-state index in [9.17, 15) is 0 Å². The number of hydrogen-bond donors (Lipinski definition) is 0. The van der Waals surface area contributed by atoms with Crippen LogP contribution in [-0.4, -0.2) is 6.61 Å². The summed E-state index contributed by atoms with van der Waals surface area (Å²) in [5.74, 6) is 0.630. The van der Waals surface area contributed by atoms with Gasteiger partial charge in [-0.05, 0) is 43.6 Å². The van der Waals surface area contributed by atoms with Crippen LogP contribution in [0.5, 0.6) is 0 Å². The molecule has 0 bridgehead atoms. The van der Waals surface area contributed by atoms with Gasteiger partial charge in [0.2, 0.25) is 0 Å². The Morgan fingerprint density at radius 2 is 2.10 bits per heavy atom. The standard InChI is InChI=1S/C20H28O/c1-2-3-9-18-12-7-13-19(16-18)14-8-15-21-17-20-10-5-4-6-11-20/h4-6,8,10-11,14,16,19H,2-3,7,9,12-13,15,17H2,1H3/b14-8+. The molecule has 1 aromatic carbocycles. The van der Waals surface area contributed by atoms with E-state index in [1.165, 1.54) is 44.1 Å². The van der Waals surface area contributed by atoms with Gasteiger partial charge in [-0.15, -0.1) is 0 Å². The molecule has 1 aliphatic rings. The molecule has 0 spiro atoms. The molecule has 1 unspecified atom stereocenters. The Labute approximate surface area is 129 Å². The van der Waals surface area contributed by atoms with Crippen LogP contribution in [0.15, 0.2) is 54.1 Å². The first kappa shape index (κ1) is 16.0. The van der Waals surface area contributed by atoms with Gasteiger partial charge in [-0.2, -0.15) is 0 Å². The van der Waals surface area contributed by atoms with Crippen LogP contribution in [0, 0.1) is 5.92 Å². The van der Waals surface area contributed by atoms with Gasteiger partial charge in [0.15, 0.2) is 0 Å². The molecule has 0 saturated heterocycles. The quantitative estimate of drug-likeness (QED) is 0.441. The van der Waals surface area contributed by atoms with E-state index in [2.05, 4.69) is 49.4 Å². The molecule has 0 N–H and O–H groups in total. The van der Waals surface area contributed by atoms with E-state index in [1.807, 2.05) is 6.07 Å². The van der Waals surface area contributed by atoms with Crippen molar-refractivity contribution >= 4 is 0 Å². The fourth-order valence-electron chi connectivity index (χ4n) is 2.85. The van der Waals surface area contributed by atoms with Crippen LogP contribution < -0.4 is 0 Å². The van der Waals surface area contributed by atoms with Gasteiger partial charge >= 0.3 is 0 Å². The summed E-state index contributed by atoms with van der Waals surface area (Å²) in [7, 11) is 0. The average molecular weight is 284 g/mol. The molecule has 2 rings (SSSR count). The topological polar surface area (TPSA) is 9.23 Å². The van der Waals surface area contributed by atoms with Gasteiger partial charge in [-0.1, -0.05) is 67.5 Å². The summed E-state index contributed by atoms with van der Waals surface area (Å²) in [5, 5.41) is 0. The van der Waals surface area contributed by atoms with Gasteiger partial charge in [-0.25, -0.2) is 0 Å². The number of ether oxygens (including phenoxy) is 1. The number of unbranched alkanes of at least 4 members (excludes halogenated alkanes) is 1. The summed E-state index contributed by atoms with van der Waals surface area (Å²) in [6.07, 6.45) is 14.9. The normalized spacial score (nSPS) is 18.9. The number of hydrogen-bond acceptors (Lipinski definition) is 1. The van der Waals surface area contributed by atoms with Gasteiger partial charge in [0.1, 0.15) is 0 Å². The molecule has 0 heterocycles. The van der Waals surface area contributed by atoms with Crippen molar-refractivity contribution in [3.05, 3.63) is 59.7 Å². The lowest BCUT2D eigenvalue weighted by atomic mass is 9.88. The summed E-state index contributed by atoms with van der Waals surface area (Å²) < 4.78 is 5.69. The molecule has 114 valence electrons. The molecular formula is C20H28O. The van der Waals surface area contributed by atoms with E-state index in [4.69, 9.17) is 4.74 Å². The van der Waals surface area contributed by atoms with Gasteiger partial charge in [0.25, 0.3) is 0 Å². The highest BCUT2D eigenvalue weighted by molar-refractivity contribution is 5.14. The first-order valence-corrected chi connectivity index (χ1v) is 8.36. The predicted octanol–water partition coefficient (Wildman–Crippen LogP) is 5.68. The first-order chi connectivity index (χ1) is 10.4. The predicted molar refractivity (Wildman–Crippen MR) is 90.2 cm³/mol. The monoisotopic (exact) mass is 284 g/mol. The Bertz CT molecular complexity index is 444. The minimum atomic E-state index is 0.630. The molecule has 1 nitrogen and oxygen atoms in total. The zero-order valence-electron chi connectivity index (χ0n) is 13.3. The third-order valence-corrected chi connectivity index (χ3v) is 4.05. The maximum absolute atomic E-state index is 5.69. The Hall–Kier alpha value is -1.34. The summed E-state index contributed by atoms with van der Waals surface area (Å²) in [5.41, 5.74) is 2.91. The molecule has 0 amide bonds. The maximum Gasteiger partial charge on any atom is 0.0721 e. The lowest BCUT2D eigenvalue weighted by Gasteiger charge is -2.18. The number of allylic oxidation sites excluding steroid dienone is 3. The zero-order valence-corrected chi connectivity index (χ0v) is 13.3. The molecular weight excluding hydrogens is 256 g/mol. The number of benzene rings is 1. The average Bonchev–Trinajstić information content (AvgIpc) is 2.54. The van der Waals surface area contributed by atoms with Crippen molar-refractivity contribution in [3.63, 3.8) is 0 Å².